The van der Waals surface area contributed by atoms with Gasteiger partial charge in [-0.1, -0.05) is 19.1 Å². The molecule has 100 valence electrons. The fraction of sp³-hybridized carbons (Fsp3) is 0.267. The van der Waals surface area contributed by atoms with Gasteiger partial charge < -0.3 is 5.32 Å². The first-order valence-electron chi connectivity index (χ1n) is 6.29. The number of likely N-dealkylation sites (N-methyl/N-ethyl adjacent to an activating group) is 1. The first kappa shape index (κ1) is 14.2. The summed E-state index contributed by atoms with van der Waals surface area (Å²) in [6, 6.07) is 11.2. The highest BCUT2D eigenvalue weighted by molar-refractivity contribution is 9.10. The van der Waals surface area contributed by atoms with E-state index in [0.717, 1.165) is 24.2 Å². The molecule has 0 radical (unpaired) electrons. The van der Waals surface area contributed by atoms with Gasteiger partial charge in [0.1, 0.15) is 5.82 Å². The Morgan fingerprint density at radius 3 is 2.79 bits per heavy atom. The summed E-state index contributed by atoms with van der Waals surface area (Å²) in [4.78, 5) is 4.39. The van der Waals surface area contributed by atoms with E-state index in [1.165, 1.54) is 6.07 Å². The van der Waals surface area contributed by atoms with Crippen LogP contribution in [0.3, 0.4) is 0 Å². The van der Waals surface area contributed by atoms with E-state index in [-0.39, 0.29) is 11.9 Å². The maximum atomic E-state index is 13.2. The van der Waals surface area contributed by atoms with Crippen molar-refractivity contribution in [1.29, 1.82) is 0 Å². The highest BCUT2D eigenvalue weighted by Gasteiger charge is 2.13. The van der Waals surface area contributed by atoms with Gasteiger partial charge in [-0.2, -0.15) is 0 Å². The SMILES string of the molecule is CCNC(Cc1ccc(F)c(Br)c1)c1ccccn1. The van der Waals surface area contributed by atoms with Crippen molar-refractivity contribution in [3.8, 4) is 0 Å². The lowest BCUT2D eigenvalue weighted by Gasteiger charge is -2.17. The van der Waals surface area contributed by atoms with E-state index in [1.54, 1.807) is 6.20 Å². The normalized spacial score (nSPS) is 12.4. The van der Waals surface area contributed by atoms with Crippen LogP contribution in [0.5, 0.6) is 0 Å². The van der Waals surface area contributed by atoms with Crippen LogP contribution in [0.15, 0.2) is 47.1 Å². The molecule has 1 aromatic carbocycles. The highest BCUT2D eigenvalue weighted by atomic mass is 79.9. The lowest BCUT2D eigenvalue weighted by Crippen LogP contribution is -2.23. The second kappa shape index (κ2) is 6.78. The molecule has 1 aromatic heterocycles. The summed E-state index contributed by atoms with van der Waals surface area (Å²) in [7, 11) is 0. The molecule has 1 heterocycles. The molecule has 0 aliphatic rings. The zero-order valence-electron chi connectivity index (χ0n) is 10.7. The summed E-state index contributed by atoms with van der Waals surface area (Å²) < 4.78 is 13.7. The summed E-state index contributed by atoms with van der Waals surface area (Å²) >= 11 is 3.22. The van der Waals surface area contributed by atoms with Crippen LogP contribution >= 0.6 is 15.9 Å². The van der Waals surface area contributed by atoms with Crippen molar-refractivity contribution in [3.63, 3.8) is 0 Å². The third kappa shape index (κ3) is 3.85. The average Bonchev–Trinajstić information content (AvgIpc) is 2.43. The second-order valence-corrected chi connectivity index (χ2v) is 5.17. The molecule has 2 rings (SSSR count). The largest absolute Gasteiger partial charge is 0.309 e. The number of halogens is 2. The fourth-order valence-electron chi connectivity index (χ4n) is 2.01. The molecule has 19 heavy (non-hydrogen) atoms. The summed E-state index contributed by atoms with van der Waals surface area (Å²) in [6.07, 6.45) is 2.57. The minimum atomic E-state index is -0.235. The molecule has 1 unspecified atom stereocenters. The van der Waals surface area contributed by atoms with Crippen LogP contribution in [0, 0.1) is 5.82 Å². The molecular formula is C15H16BrFN2. The molecule has 2 aromatic rings. The van der Waals surface area contributed by atoms with Gasteiger partial charge in [-0.25, -0.2) is 4.39 Å². The molecule has 4 heteroatoms. The van der Waals surface area contributed by atoms with Gasteiger partial charge in [-0.15, -0.1) is 0 Å². The van der Waals surface area contributed by atoms with E-state index in [2.05, 4.69) is 33.2 Å². The van der Waals surface area contributed by atoms with Crippen LogP contribution in [0.1, 0.15) is 24.2 Å². The van der Waals surface area contributed by atoms with Crippen molar-refractivity contribution < 1.29 is 4.39 Å². The Hall–Kier alpha value is -1.26. The lowest BCUT2D eigenvalue weighted by atomic mass is 10.0. The molecule has 0 bridgehead atoms. The van der Waals surface area contributed by atoms with Gasteiger partial charge in [0.2, 0.25) is 0 Å². The van der Waals surface area contributed by atoms with Crippen molar-refractivity contribution in [1.82, 2.24) is 10.3 Å². The van der Waals surface area contributed by atoms with Crippen LogP contribution in [-0.4, -0.2) is 11.5 Å². The van der Waals surface area contributed by atoms with E-state index < -0.39 is 0 Å². The van der Waals surface area contributed by atoms with Gasteiger partial charge in [0.05, 0.1) is 16.2 Å². The zero-order valence-corrected chi connectivity index (χ0v) is 12.3. The molecule has 0 saturated heterocycles. The number of pyridine rings is 1. The minimum absolute atomic E-state index is 0.142. The Kier molecular flexibility index (Phi) is 5.05. The number of aromatic nitrogens is 1. The first-order valence-corrected chi connectivity index (χ1v) is 7.08. The topological polar surface area (TPSA) is 24.9 Å². The standard InChI is InChI=1S/C15H16BrFN2/c1-2-18-15(14-5-3-4-8-19-14)10-11-6-7-13(17)12(16)9-11/h3-9,15,18H,2,10H2,1H3. The van der Waals surface area contributed by atoms with Crippen molar-refractivity contribution in [3.05, 3.63) is 64.1 Å². The molecule has 0 fully saturated rings. The highest BCUT2D eigenvalue weighted by Crippen LogP contribution is 2.21. The maximum Gasteiger partial charge on any atom is 0.137 e. The van der Waals surface area contributed by atoms with Crippen molar-refractivity contribution in [2.75, 3.05) is 6.54 Å². The number of rotatable bonds is 5. The van der Waals surface area contributed by atoms with Crippen LogP contribution < -0.4 is 5.32 Å². The molecule has 0 spiro atoms. The monoisotopic (exact) mass is 322 g/mol. The lowest BCUT2D eigenvalue weighted by molar-refractivity contribution is 0.535. The Bertz CT molecular complexity index is 531. The van der Waals surface area contributed by atoms with Crippen LogP contribution in [0.4, 0.5) is 4.39 Å². The molecule has 1 N–H and O–H groups in total. The quantitative estimate of drug-likeness (QED) is 0.903. The summed E-state index contributed by atoms with van der Waals surface area (Å²) in [5, 5.41) is 3.41. The van der Waals surface area contributed by atoms with Gasteiger partial charge in [0.15, 0.2) is 0 Å². The fourth-order valence-corrected chi connectivity index (χ4v) is 2.44. The predicted molar refractivity (Wildman–Crippen MR) is 78.5 cm³/mol. The van der Waals surface area contributed by atoms with Crippen molar-refractivity contribution in [2.45, 2.75) is 19.4 Å². The van der Waals surface area contributed by atoms with E-state index >= 15 is 0 Å². The zero-order chi connectivity index (χ0) is 13.7. The Balaban J connectivity index is 2.19. The Labute approximate surface area is 121 Å². The number of hydrogen-bond acceptors (Lipinski definition) is 2. The smallest absolute Gasteiger partial charge is 0.137 e. The third-order valence-electron chi connectivity index (χ3n) is 2.92. The first-order chi connectivity index (χ1) is 9.20. The van der Waals surface area contributed by atoms with Crippen LogP contribution in [0.25, 0.3) is 0 Å². The second-order valence-electron chi connectivity index (χ2n) is 4.32. The van der Waals surface area contributed by atoms with Crippen LogP contribution in [-0.2, 0) is 6.42 Å². The summed E-state index contributed by atoms with van der Waals surface area (Å²) in [5.74, 6) is -0.235. The van der Waals surface area contributed by atoms with Crippen molar-refractivity contribution in [2.24, 2.45) is 0 Å². The van der Waals surface area contributed by atoms with E-state index in [1.807, 2.05) is 30.3 Å². The van der Waals surface area contributed by atoms with Crippen LogP contribution in [0.2, 0.25) is 0 Å². The molecule has 1 atom stereocenters. The summed E-state index contributed by atoms with van der Waals surface area (Å²) in [5.41, 5.74) is 2.08. The minimum Gasteiger partial charge on any atom is -0.309 e. The van der Waals surface area contributed by atoms with Crippen molar-refractivity contribution >= 4 is 15.9 Å². The van der Waals surface area contributed by atoms with Gasteiger partial charge >= 0.3 is 0 Å². The van der Waals surface area contributed by atoms with Gasteiger partial charge in [-0.05, 0) is 58.7 Å². The van der Waals surface area contributed by atoms with Gasteiger partial charge in [0.25, 0.3) is 0 Å². The Morgan fingerprint density at radius 2 is 2.16 bits per heavy atom. The molecular weight excluding hydrogens is 307 g/mol. The van der Waals surface area contributed by atoms with Gasteiger partial charge in [0, 0.05) is 6.20 Å². The number of benzene rings is 1. The third-order valence-corrected chi connectivity index (χ3v) is 3.53. The predicted octanol–water partition coefficient (Wildman–Crippen LogP) is 3.88. The number of nitrogens with one attached hydrogen (secondary N) is 1. The Morgan fingerprint density at radius 1 is 1.32 bits per heavy atom. The molecule has 2 nitrogen and oxygen atoms in total. The van der Waals surface area contributed by atoms with E-state index in [0.29, 0.717) is 4.47 Å². The van der Waals surface area contributed by atoms with Gasteiger partial charge in [-0.3, -0.25) is 4.98 Å². The van der Waals surface area contributed by atoms with E-state index in [9.17, 15) is 4.39 Å². The maximum absolute atomic E-state index is 13.2. The molecule has 0 amide bonds. The molecule has 0 aliphatic heterocycles. The average molecular weight is 323 g/mol. The molecule has 0 saturated carbocycles. The molecule has 0 aliphatic carbocycles. The summed E-state index contributed by atoms with van der Waals surface area (Å²) in [6.45, 7) is 2.93. The number of nitrogens with zero attached hydrogens (tertiary/aromatic N) is 1. The van der Waals surface area contributed by atoms with E-state index in [4.69, 9.17) is 0 Å². The number of hydrogen-bond donors (Lipinski definition) is 1.